The largest absolute Gasteiger partial charge is 0.319 e. The standard InChI is InChI=1S/C11H13N3/c1-10(11-5-4-6-12-9-11)13-14-7-2-3-8-14/h2-10,13H,1H3. The summed E-state index contributed by atoms with van der Waals surface area (Å²) in [4.78, 5) is 4.09. The van der Waals surface area contributed by atoms with Gasteiger partial charge in [0.25, 0.3) is 0 Å². The highest BCUT2D eigenvalue weighted by molar-refractivity contribution is 5.15. The number of rotatable bonds is 3. The van der Waals surface area contributed by atoms with Gasteiger partial charge in [-0.15, -0.1) is 0 Å². The van der Waals surface area contributed by atoms with E-state index in [-0.39, 0.29) is 6.04 Å². The van der Waals surface area contributed by atoms with Crippen molar-refractivity contribution in [2.45, 2.75) is 13.0 Å². The van der Waals surface area contributed by atoms with Crippen molar-refractivity contribution in [2.75, 3.05) is 5.43 Å². The van der Waals surface area contributed by atoms with Gasteiger partial charge in [-0.3, -0.25) is 9.66 Å². The van der Waals surface area contributed by atoms with Crippen LogP contribution in [0, 0.1) is 0 Å². The molecule has 14 heavy (non-hydrogen) atoms. The van der Waals surface area contributed by atoms with Gasteiger partial charge >= 0.3 is 0 Å². The Balaban J connectivity index is 2.07. The Kier molecular flexibility index (Phi) is 2.49. The van der Waals surface area contributed by atoms with Gasteiger partial charge in [0.05, 0.1) is 6.04 Å². The topological polar surface area (TPSA) is 29.9 Å². The first-order chi connectivity index (χ1) is 6.86. The first-order valence-electron chi connectivity index (χ1n) is 4.66. The van der Waals surface area contributed by atoms with E-state index >= 15 is 0 Å². The summed E-state index contributed by atoms with van der Waals surface area (Å²) >= 11 is 0. The Morgan fingerprint density at radius 1 is 1.29 bits per heavy atom. The smallest absolute Gasteiger partial charge is 0.0660 e. The van der Waals surface area contributed by atoms with Crippen LogP contribution in [0.5, 0.6) is 0 Å². The van der Waals surface area contributed by atoms with E-state index in [4.69, 9.17) is 0 Å². The molecule has 2 aromatic rings. The van der Waals surface area contributed by atoms with Gasteiger partial charge in [0, 0.05) is 24.8 Å². The van der Waals surface area contributed by atoms with Crippen molar-refractivity contribution in [2.24, 2.45) is 0 Å². The van der Waals surface area contributed by atoms with Crippen LogP contribution in [0.15, 0.2) is 49.1 Å². The van der Waals surface area contributed by atoms with E-state index in [1.54, 1.807) is 6.20 Å². The molecule has 72 valence electrons. The van der Waals surface area contributed by atoms with Crippen molar-refractivity contribution < 1.29 is 0 Å². The molecule has 0 aliphatic carbocycles. The third-order valence-electron chi connectivity index (χ3n) is 2.13. The van der Waals surface area contributed by atoms with Gasteiger partial charge in [0.15, 0.2) is 0 Å². The van der Waals surface area contributed by atoms with Crippen LogP contribution >= 0.6 is 0 Å². The van der Waals surface area contributed by atoms with Crippen LogP contribution in [0.2, 0.25) is 0 Å². The van der Waals surface area contributed by atoms with Crippen LogP contribution in [0.4, 0.5) is 0 Å². The van der Waals surface area contributed by atoms with Gasteiger partial charge in [0.2, 0.25) is 0 Å². The molecule has 0 saturated carbocycles. The van der Waals surface area contributed by atoms with E-state index in [2.05, 4.69) is 23.4 Å². The number of nitrogens with one attached hydrogen (secondary N) is 1. The molecule has 0 spiro atoms. The maximum Gasteiger partial charge on any atom is 0.0660 e. The summed E-state index contributed by atoms with van der Waals surface area (Å²) in [5, 5.41) is 0. The molecule has 1 N–H and O–H groups in total. The molecule has 1 atom stereocenters. The lowest BCUT2D eigenvalue weighted by atomic mass is 10.2. The fourth-order valence-electron chi connectivity index (χ4n) is 1.35. The van der Waals surface area contributed by atoms with Gasteiger partial charge < -0.3 is 5.43 Å². The van der Waals surface area contributed by atoms with E-state index in [0.717, 1.165) is 0 Å². The summed E-state index contributed by atoms with van der Waals surface area (Å²) in [5.41, 5.74) is 4.50. The van der Waals surface area contributed by atoms with Crippen LogP contribution in [0.25, 0.3) is 0 Å². The van der Waals surface area contributed by atoms with Crippen LogP contribution in [-0.2, 0) is 0 Å². The minimum Gasteiger partial charge on any atom is -0.319 e. The van der Waals surface area contributed by atoms with Crippen molar-refractivity contribution in [3.05, 3.63) is 54.6 Å². The van der Waals surface area contributed by atoms with E-state index in [0.29, 0.717) is 0 Å². The van der Waals surface area contributed by atoms with Crippen molar-refractivity contribution >= 4 is 0 Å². The van der Waals surface area contributed by atoms with Crippen LogP contribution in [0.1, 0.15) is 18.5 Å². The molecule has 3 heteroatoms. The lowest BCUT2D eigenvalue weighted by Gasteiger charge is -2.15. The van der Waals surface area contributed by atoms with E-state index < -0.39 is 0 Å². The summed E-state index contributed by atoms with van der Waals surface area (Å²) < 4.78 is 1.94. The van der Waals surface area contributed by atoms with E-state index in [9.17, 15) is 0 Å². The van der Waals surface area contributed by atoms with Gasteiger partial charge in [-0.25, -0.2) is 0 Å². The number of hydrogen-bond acceptors (Lipinski definition) is 2. The van der Waals surface area contributed by atoms with Gasteiger partial charge in [-0.05, 0) is 30.7 Å². The predicted molar refractivity (Wildman–Crippen MR) is 56.4 cm³/mol. The highest BCUT2D eigenvalue weighted by Crippen LogP contribution is 2.10. The summed E-state index contributed by atoms with van der Waals surface area (Å²) in [7, 11) is 0. The number of aromatic nitrogens is 2. The predicted octanol–water partition coefficient (Wildman–Crippen LogP) is 2.19. The second-order valence-corrected chi connectivity index (χ2v) is 3.23. The van der Waals surface area contributed by atoms with Gasteiger partial charge in [-0.1, -0.05) is 6.07 Å². The minimum absolute atomic E-state index is 0.260. The molecule has 1 unspecified atom stereocenters. The van der Waals surface area contributed by atoms with Crippen LogP contribution in [0.3, 0.4) is 0 Å². The Labute approximate surface area is 83.4 Å². The molecule has 0 bridgehead atoms. The van der Waals surface area contributed by atoms with Crippen LogP contribution < -0.4 is 5.43 Å². The summed E-state index contributed by atoms with van der Waals surface area (Å²) in [5.74, 6) is 0. The second kappa shape index (κ2) is 3.96. The lowest BCUT2D eigenvalue weighted by molar-refractivity contribution is 0.725. The maximum absolute atomic E-state index is 4.09. The molecule has 0 aromatic carbocycles. The average molecular weight is 187 g/mol. The summed E-state index contributed by atoms with van der Waals surface area (Å²) in [6.07, 6.45) is 7.62. The quantitative estimate of drug-likeness (QED) is 0.798. The molecule has 0 amide bonds. The third kappa shape index (κ3) is 1.93. The number of hydrogen-bond donors (Lipinski definition) is 1. The van der Waals surface area contributed by atoms with E-state index in [1.807, 2.05) is 41.5 Å². The Morgan fingerprint density at radius 3 is 2.71 bits per heavy atom. The summed E-state index contributed by atoms with van der Waals surface area (Å²) in [6.45, 7) is 2.11. The molecular weight excluding hydrogens is 174 g/mol. The molecule has 0 radical (unpaired) electrons. The van der Waals surface area contributed by atoms with Gasteiger partial charge in [-0.2, -0.15) is 0 Å². The fourth-order valence-corrected chi connectivity index (χ4v) is 1.35. The first kappa shape index (κ1) is 8.81. The number of nitrogens with zero attached hydrogens (tertiary/aromatic N) is 2. The maximum atomic E-state index is 4.09. The molecule has 2 aromatic heterocycles. The second-order valence-electron chi connectivity index (χ2n) is 3.23. The molecule has 0 aliphatic heterocycles. The molecule has 0 aliphatic rings. The highest BCUT2D eigenvalue weighted by Gasteiger charge is 2.03. The molecule has 2 rings (SSSR count). The molecule has 0 fully saturated rings. The third-order valence-corrected chi connectivity index (χ3v) is 2.13. The van der Waals surface area contributed by atoms with E-state index in [1.165, 1.54) is 5.56 Å². The zero-order valence-corrected chi connectivity index (χ0v) is 8.09. The monoisotopic (exact) mass is 187 g/mol. The minimum atomic E-state index is 0.260. The fraction of sp³-hybridized carbons (Fsp3) is 0.182. The zero-order valence-electron chi connectivity index (χ0n) is 8.09. The number of pyridine rings is 1. The van der Waals surface area contributed by atoms with Crippen molar-refractivity contribution in [1.82, 2.24) is 9.66 Å². The highest BCUT2D eigenvalue weighted by atomic mass is 15.4. The zero-order chi connectivity index (χ0) is 9.80. The lowest BCUT2D eigenvalue weighted by Crippen LogP contribution is -2.16. The molecular formula is C11H13N3. The van der Waals surface area contributed by atoms with Crippen LogP contribution in [-0.4, -0.2) is 9.66 Å². The average Bonchev–Trinajstić information content (AvgIpc) is 2.72. The van der Waals surface area contributed by atoms with Crippen molar-refractivity contribution in [1.29, 1.82) is 0 Å². The molecule has 3 nitrogen and oxygen atoms in total. The molecule has 0 saturated heterocycles. The molecule has 2 heterocycles. The normalized spacial score (nSPS) is 12.4. The Hall–Kier alpha value is -1.77. The Bertz CT molecular complexity index is 367. The van der Waals surface area contributed by atoms with Crippen molar-refractivity contribution in [3.63, 3.8) is 0 Å². The summed E-state index contributed by atoms with van der Waals surface area (Å²) in [6, 6.07) is 8.25. The van der Waals surface area contributed by atoms with Crippen molar-refractivity contribution in [3.8, 4) is 0 Å². The SMILES string of the molecule is CC(Nn1cccc1)c1cccnc1. The van der Waals surface area contributed by atoms with Gasteiger partial charge in [0.1, 0.15) is 0 Å². The Morgan fingerprint density at radius 2 is 2.07 bits per heavy atom. The first-order valence-corrected chi connectivity index (χ1v) is 4.66.